The fourth-order valence-electron chi connectivity index (χ4n) is 6.91. The number of fused-ring (bicyclic) bond motifs is 2. The van der Waals surface area contributed by atoms with Crippen molar-refractivity contribution >= 4 is 41.4 Å². The molecule has 3 aliphatic heterocycles. The van der Waals surface area contributed by atoms with Gasteiger partial charge in [-0.3, -0.25) is 28.8 Å². The summed E-state index contributed by atoms with van der Waals surface area (Å²) in [7, 11) is 1.47. The summed E-state index contributed by atoms with van der Waals surface area (Å²) in [6, 6.07) is 1.15. The molecule has 0 spiro atoms. The fraction of sp³-hybridized carbons (Fsp3) is 0.605. The number of aryl methyl sites for hydroxylation is 1. The highest BCUT2D eigenvalue weighted by Crippen LogP contribution is 2.23. The van der Waals surface area contributed by atoms with Gasteiger partial charge in [0.2, 0.25) is 35.4 Å². The quantitative estimate of drug-likeness (QED) is 0.185. The number of carbonyl (C=O) groups excluding carboxylic acids is 7. The van der Waals surface area contributed by atoms with Gasteiger partial charge in [0.05, 0.1) is 0 Å². The van der Waals surface area contributed by atoms with Crippen LogP contribution in [0.1, 0.15) is 83.3 Å². The molecule has 3 saturated heterocycles. The lowest BCUT2D eigenvalue weighted by atomic mass is 10.00. The predicted molar refractivity (Wildman–Crippen MR) is 192 cm³/mol. The van der Waals surface area contributed by atoms with Gasteiger partial charge in [-0.15, -0.1) is 0 Å². The van der Waals surface area contributed by atoms with E-state index < -0.39 is 84.3 Å². The number of cyclic esters (lactones) is 1. The number of amides is 6. The van der Waals surface area contributed by atoms with Crippen molar-refractivity contribution < 1.29 is 38.3 Å². The number of allylic oxidation sites excluding steroid dienone is 1. The van der Waals surface area contributed by atoms with Crippen LogP contribution < -0.4 is 16.0 Å². The monoisotopic (exact) mass is 722 g/mol. The summed E-state index contributed by atoms with van der Waals surface area (Å²) in [6.07, 6.45) is 8.71. The Morgan fingerprint density at radius 2 is 1.63 bits per heavy atom. The number of nitrogens with one attached hydrogen (secondary N) is 3. The summed E-state index contributed by atoms with van der Waals surface area (Å²) in [5, 5.41) is 8.18. The third kappa shape index (κ3) is 9.97. The SMILES string of the molecule is CCCCC/C=C/C(=O)N[C@@H](Cc1ccccc1C)C(=O)N[C@H]1COC(=O)[C@@H]2CCCN2C(=O)[C@H](C)NC(=O)[C@H](C)N(C)C(=O)[C@@H]2CCCN2C1=O. The first-order chi connectivity index (χ1) is 24.8. The number of likely N-dealkylation sites (N-methyl/N-ethyl adjacent to an activating group) is 1. The van der Waals surface area contributed by atoms with Crippen molar-refractivity contribution in [3.05, 3.63) is 47.5 Å². The first-order valence-corrected chi connectivity index (χ1v) is 18.5. The molecule has 284 valence electrons. The highest BCUT2D eigenvalue weighted by molar-refractivity contribution is 5.98. The standard InChI is InChI=1S/C38H54N6O8/c1-6-7-8-9-10-19-32(45)40-28(22-27-16-12-11-15-24(27)2)34(47)41-29-23-52-38(51)31-18-14-21-44(31)35(48)25(3)39-33(46)26(4)42(5)37(50)30-17-13-20-43(30)36(29)49/h10-12,15-16,19,25-26,28-31H,6-9,13-14,17-18,20-23H2,1-5H3,(H,39,46)(H,40,45)(H,41,47)/b19-10+/t25-,26-,28-,29-,30-,31-/m0/s1. The van der Waals surface area contributed by atoms with Gasteiger partial charge in [0.15, 0.2) is 0 Å². The van der Waals surface area contributed by atoms with Crippen molar-refractivity contribution in [2.24, 2.45) is 0 Å². The molecule has 0 radical (unpaired) electrons. The zero-order chi connectivity index (χ0) is 37.9. The van der Waals surface area contributed by atoms with Crippen LogP contribution in [0.15, 0.2) is 36.4 Å². The van der Waals surface area contributed by atoms with Gasteiger partial charge in [0, 0.05) is 26.6 Å². The summed E-state index contributed by atoms with van der Waals surface area (Å²) in [5.74, 6) is -4.03. The van der Waals surface area contributed by atoms with Crippen molar-refractivity contribution in [3.63, 3.8) is 0 Å². The first kappa shape index (κ1) is 40.0. The van der Waals surface area contributed by atoms with Crippen molar-refractivity contribution in [3.8, 4) is 0 Å². The molecule has 52 heavy (non-hydrogen) atoms. The minimum atomic E-state index is -1.41. The summed E-state index contributed by atoms with van der Waals surface area (Å²) in [6.45, 7) is 6.98. The minimum Gasteiger partial charge on any atom is -0.461 e. The van der Waals surface area contributed by atoms with Gasteiger partial charge in [-0.1, -0.05) is 50.1 Å². The van der Waals surface area contributed by atoms with Gasteiger partial charge in [-0.05, 0) is 76.5 Å². The predicted octanol–water partition coefficient (Wildman–Crippen LogP) is 1.53. The number of esters is 1. The molecule has 0 aromatic heterocycles. The topological polar surface area (TPSA) is 175 Å². The van der Waals surface area contributed by atoms with Gasteiger partial charge in [0.25, 0.3) is 0 Å². The smallest absolute Gasteiger partial charge is 0.328 e. The van der Waals surface area contributed by atoms with Crippen molar-refractivity contribution in [2.75, 3.05) is 26.7 Å². The number of benzene rings is 1. The van der Waals surface area contributed by atoms with Crippen LogP contribution in [-0.4, -0.2) is 119 Å². The Kier molecular flexibility index (Phi) is 14.4. The molecule has 6 atom stereocenters. The summed E-state index contributed by atoms with van der Waals surface area (Å²) >= 11 is 0. The third-order valence-corrected chi connectivity index (χ3v) is 10.2. The molecule has 1 aromatic rings. The molecule has 6 amide bonds. The maximum Gasteiger partial charge on any atom is 0.328 e. The van der Waals surface area contributed by atoms with E-state index in [9.17, 15) is 33.6 Å². The van der Waals surface area contributed by atoms with E-state index in [0.717, 1.165) is 36.8 Å². The van der Waals surface area contributed by atoms with Gasteiger partial charge in [-0.2, -0.15) is 0 Å². The van der Waals surface area contributed by atoms with E-state index in [0.29, 0.717) is 25.7 Å². The molecular formula is C38H54N6O8. The molecule has 3 aliphatic rings. The lowest BCUT2D eigenvalue weighted by molar-refractivity contribution is -0.158. The average molecular weight is 723 g/mol. The number of rotatable bonds is 10. The number of hydrogen-bond acceptors (Lipinski definition) is 8. The Morgan fingerprint density at radius 1 is 0.962 bits per heavy atom. The number of nitrogens with zero attached hydrogens (tertiary/aromatic N) is 3. The number of ether oxygens (including phenoxy) is 1. The van der Waals surface area contributed by atoms with Crippen LogP contribution in [0.3, 0.4) is 0 Å². The van der Waals surface area contributed by atoms with Gasteiger partial charge in [0.1, 0.15) is 42.9 Å². The van der Waals surface area contributed by atoms with Crippen LogP contribution >= 0.6 is 0 Å². The summed E-state index contributed by atoms with van der Waals surface area (Å²) < 4.78 is 5.67. The fourth-order valence-corrected chi connectivity index (χ4v) is 6.91. The molecule has 14 heteroatoms. The number of carbonyl (C=O) groups is 7. The van der Waals surface area contributed by atoms with Crippen LogP contribution in [0.5, 0.6) is 0 Å². The average Bonchev–Trinajstić information content (AvgIpc) is 3.82. The molecule has 1 aromatic carbocycles. The zero-order valence-electron chi connectivity index (χ0n) is 31.0. The Morgan fingerprint density at radius 3 is 2.33 bits per heavy atom. The molecule has 0 saturated carbocycles. The van der Waals surface area contributed by atoms with Crippen LogP contribution in [0.2, 0.25) is 0 Å². The first-order valence-electron chi connectivity index (χ1n) is 18.5. The second kappa shape index (κ2) is 18.7. The van der Waals surface area contributed by atoms with Gasteiger partial charge in [-0.25, -0.2) is 4.79 Å². The highest BCUT2D eigenvalue weighted by Gasteiger charge is 2.43. The highest BCUT2D eigenvalue weighted by atomic mass is 16.5. The second-order valence-electron chi connectivity index (χ2n) is 14.0. The maximum atomic E-state index is 14.3. The molecule has 3 N–H and O–H groups in total. The summed E-state index contributed by atoms with van der Waals surface area (Å²) in [4.78, 5) is 99.1. The van der Waals surface area contributed by atoms with E-state index in [4.69, 9.17) is 4.74 Å². The van der Waals surface area contributed by atoms with Crippen LogP contribution in [-0.2, 0) is 44.7 Å². The largest absolute Gasteiger partial charge is 0.461 e. The third-order valence-electron chi connectivity index (χ3n) is 10.2. The Balaban J connectivity index is 1.64. The van der Waals surface area contributed by atoms with Crippen molar-refractivity contribution in [1.29, 1.82) is 0 Å². The van der Waals surface area contributed by atoms with Crippen molar-refractivity contribution in [2.45, 2.75) is 122 Å². The molecule has 4 rings (SSSR count). The van der Waals surface area contributed by atoms with Gasteiger partial charge < -0.3 is 35.4 Å². The summed E-state index contributed by atoms with van der Waals surface area (Å²) in [5.41, 5.74) is 1.73. The minimum absolute atomic E-state index is 0.127. The molecule has 3 fully saturated rings. The van der Waals surface area contributed by atoms with E-state index in [1.165, 1.54) is 41.7 Å². The van der Waals surface area contributed by atoms with E-state index >= 15 is 0 Å². The van der Waals surface area contributed by atoms with Crippen LogP contribution in [0, 0.1) is 6.92 Å². The second-order valence-corrected chi connectivity index (χ2v) is 14.0. The number of hydrogen-bond donors (Lipinski definition) is 3. The maximum absolute atomic E-state index is 14.3. The Hall–Kier alpha value is -4.75. The molecule has 0 unspecified atom stereocenters. The zero-order valence-corrected chi connectivity index (χ0v) is 31.0. The Bertz CT molecular complexity index is 1530. The lowest BCUT2D eigenvalue weighted by Crippen LogP contribution is -2.60. The van der Waals surface area contributed by atoms with Crippen LogP contribution in [0.25, 0.3) is 0 Å². The number of unbranched alkanes of at least 4 members (excludes halogenated alkanes) is 3. The van der Waals surface area contributed by atoms with Crippen molar-refractivity contribution in [1.82, 2.24) is 30.7 Å². The van der Waals surface area contributed by atoms with E-state index in [1.807, 2.05) is 31.2 Å². The van der Waals surface area contributed by atoms with Crippen LogP contribution in [0.4, 0.5) is 0 Å². The molecule has 0 aliphatic carbocycles. The molecule has 0 bridgehead atoms. The van der Waals surface area contributed by atoms with E-state index in [1.54, 1.807) is 6.08 Å². The normalized spacial score (nSPS) is 25.4. The lowest BCUT2D eigenvalue weighted by Gasteiger charge is -2.34. The van der Waals surface area contributed by atoms with Gasteiger partial charge >= 0.3 is 5.97 Å². The Labute approximate surface area is 306 Å². The molecule has 3 heterocycles. The van der Waals surface area contributed by atoms with E-state index in [-0.39, 0.29) is 19.5 Å². The molecular weight excluding hydrogens is 668 g/mol. The molecule has 14 nitrogen and oxygen atoms in total. The van der Waals surface area contributed by atoms with E-state index in [2.05, 4.69) is 22.9 Å².